The summed E-state index contributed by atoms with van der Waals surface area (Å²) < 4.78 is 0. The summed E-state index contributed by atoms with van der Waals surface area (Å²) in [6, 6.07) is 22.5. The number of carbonyl (C=O) groups is 1. The van der Waals surface area contributed by atoms with Crippen LogP contribution in [0.15, 0.2) is 72.9 Å². The molecule has 0 bridgehead atoms. The van der Waals surface area contributed by atoms with Crippen molar-refractivity contribution in [2.45, 2.75) is 6.54 Å². The highest BCUT2D eigenvalue weighted by Gasteiger charge is 2.08. The molecule has 29 heavy (non-hydrogen) atoms. The van der Waals surface area contributed by atoms with Gasteiger partial charge in [-0.15, -0.1) is 0 Å². The fourth-order valence-corrected chi connectivity index (χ4v) is 3.10. The van der Waals surface area contributed by atoms with Crippen LogP contribution in [0.2, 0.25) is 0 Å². The average Bonchev–Trinajstić information content (AvgIpc) is 2.77. The summed E-state index contributed by atoms with van der Waals surface area (Å²) in [7, 11) is 0. The second kappa shape index (κ2) is 7.79. The van der Waals surface area contributed by atoms with E-state index in [1.54, 1.807) is 30.5 Å². The number of nitrogens with two attached hydrogens (primary N) is 1. The summed E-state index contributed by atoms with van der Waals surface area (Å²) in [4.78, 5) is 20.8. The fraction of sp³-hybridized carbons (Fsp3) is 0.0435. The Morgan fingerprint density at radius 1 is 1.03 bits per heavy atom. The van der Waals surface area contributed by atoms with Gasteiger partial charge in [-0.1, -0.05) is 30.3 Å². The van der Waals surface area contributed by atoms with Gasteiger partial charge in [-0.25, -0.2) is 9.97 Å². The molecule has 0 atom stereocenters. The van der Waals surface area contributed by atoms with Crippen molar-refractivity contribution in [2.24, 2.45) is 0 Å². The van der Waals surface area contributed by atoms with Crippen molar-refractivity contribution >= 4 is 22.8 Å². The zero-order chi connectivity index (χ0) is 20.2. The monoisotopic (exact) mass is 379 g/mol. The number of rotatable bonds is 4. The van der Waals surface area contributed by atoms with Crippen molar-refractivity contribution in [2.75, 3.05) is 5.73 Å². The van der Waals surface area contributed by atoms with E-state index in [-0.39, 0.29) is 11.9 Å². The van der Waals surface area contributed by atoms with Crippen LogP contribution in [0.1, 0.15) is 21.5 Å². The van der Waals surface area contributed by atoms with Crippen molar-refractivity contribution in [3.63, 3.8) is 0 Å². The van der Waals surface area contributed by atoms with E-state index in [2.05, 4.69) is 21.4 Å². The Morgan fingerprint density at radius 2 is 1.86 bits per heavy atom. The molecule has 1 heterocycles. The van der Waals surface area contributed by atoms with E-state index in [4.69, 9.17) is 11.0 Å². The molecule has 1 amide bonds. The maximum Gasteiger partial charge on any atom is 0.251 e. The van der Waals surface area contributed by atoms with Gasteiger partial charge >= 0.3 is 0 Å². The fourth-order valence-electron chi connectivity index (χ4n) is 3.10. The maximum atomic E-state index is 12.6. The number of aromatic nitrogens is 2. The molecule has 1 aromatic heterocycles. The van der Waals surface area contributed by atoms with Crippen LogP contribution >= 0.6 is 0 Å². The molecule has 6 nitrogen and oxygen atoms in total. The van der Waals surface area contributed by atoms with E-state index >= 15 is 0 Å². The normalized spacial score (nSPS) is 10.4. The van der Waals surface area contributed by atoms with Gasteiger partial charge in [-0.2, -0.15) is 5.26 Å². The van der Waals surface area contributed by atoms with Crippen LogP contribution in [-0.4, -0.2) is 15.9 Å². The SMILES string of the molecule is N#Cc1cccc(CNC(=O)c2cccc(-c3ccc4nc(N)ncc4c3)c2)c1. The molecule has 0 fully saturated rings. The number of amides is 1. The first-order valence-electron chi connectivity index (χ1n) is 9.02. The van der Waals surface area contributed by atoms with Crippen molar-refractivity contribution in [1.29, 1.82) is 5.26 Å². The molecule has 0 saturated carbocycles. The van der Waals surface area contributed by atoms with Crippen LogP contribution in [0.4, 0.5) is 5.95 Å². The predicted octanol–water partition coefficient (Wildman–Crippen LogP) is 3.68. The van der Waals surface area contributed by atoms with Gasteiger partial charge in [0.05, 0.1) is 17.1 Å². The van der Waals surface area contributed by atoms with Gasteiger partial charge in [0.2, 0.25) is 5.95 Å². The van der Waals surface area contributed by atoms with E-state index in [0.717, 1.165) is 27.6 Å². The van der Waals surface area contributed by atoms with E-state index < -0.39 is 0 Å². The molecule has 0 radical (unpaired) electrons. The Hall–Kier alpha value is -4.24. The molecular weight excluding hydrogens is 362 g/mol. The van der Waals surface area contributed by atoms with Crippen molar-refractivity contribution in [3.05, 3.63) is 89.6 Å². The molecule has 4 rings (SSSR count). The minimum atomic E-state index is -0.175. The van der Waals surface area contributed by atoms with Gasteiger partial charge in [0, 0.05) is 23.7 Å². The highest BCUT2D eigenvalue weighted by atomic mass is 16.1. The number of benzene rings is 3. The second-order valence-corrected chi connectivity index (χ2v) is 6.58. The zero-order valence-electron chi connectivity index (χ0n) is 15.5. The maximum absolute atomic E-state index is 12.6. The minimum absolute atomic E-state index is 0.175. The third-order valence-corrected chi connectivity index (χ3v) is 4.57. The predicted molar refractivity (Wildman–Crippen MR) is 112 cm³/mol. The molecule has 0 aliphatic carbocycles. The first kappa shape index (κ1) is 18.1. The van der Waals surface area contributed by atoms with Crippen LogP contribution in [0, 0.1) is 11.3 Å². The zero-order valence-corrected chi connectivity index (χ0v) is 15.5. The Balaban J connectivity index is 1.54. The van der Waals surface area contributed by atoms with Crippen LogP contribution in [-0.2, 0) is 6.54 Å². The van der Waals surface area contributed by atoms with Gasteiger partial charge in [-0.3, -0.25) is 4.79 Å². The summed E-state index contributed by atoms with van der Waals surface area (Å²) in [5.74, 6) is 0.0651. The third kappa shape index (κ3) is 4.04. The van der Waals surface area contributed by atoms with E-state index in [9.17, 15) is 4.79 Å². The summed E-state index contributed by atoms with van der Waals surface area (Å²) in [6.07, 6.45) is 1.69. The summed E-state index contributed by atoms with van der Waals surface area (Å²) in [6.45, 7) is 0.354. The summed E-state index contributed by atoms with van der Waals surface area (Å²) in [5.41, 5.74) is 10.3. The average molecular weight is 379 g/mol. The quantitative estimate of drug-likeness (QED) is 0.563. The van der Waals surface area contributed by atoms with Crippen molar-refractivity contribution in [3.8, 4) is 17.2 Å². The number of hydrogen-bond donors (Lipinski definition) is 2. The number of carbonyl (C=O) groups excluding carboxylic acids is 1. The van der Waals surface area contributed by atoms with Gasteiger partial charge in [0.25, 0.3) is 5.91 Å². The van der Waals surface area contributed by atoms with Crippen LogP contribution in [0.25, 0.3) is 22.0 Å². The molecule has 0 aliphatic rings. The molecule has 140 valence electrons. The number of anilines is 1. The lowest BCUT2D eigenvalue weighted by atomic mass is 10.0. The lowest BCUT2D eigenvalue weighted by Gasteiger charge is -2.08. The van der Waals surface area contributed by atoms with E-state index in [0.29, 0.717) is 17.7 Å². The molecule has 3 aromatic carbocycles. The van der Waals surface area contributed by atoms with Crippen molar-refractivity contribution in [1.82, 2.24) is 15.3 Å². The number of hydrogen-bond acceptors (Lipinski definition) is 5. The van der Waals surface area contributed by atoms with Crippen LogP contribution in [0.3, 0.4) is 0 Å². The summed E-state index contributed by atoms with van der Waals surface area (Å²) in [5, 5.41) is 12.8. The summed E-state index contributed by atoms with van der Waals surface area (Å²) >= 11 is 0. The second-order valence-electron chi connectivity index (χ2n) is 6.58. The first-order valence-corrected chi connectivity index (χ1v) is 9.02. The highest BCUT2D eigenvalue weighted by Crippen LogP contribution is 2.24. The molecule has 0 saturated heterocycles. The lowest BCUT2D eigenvalue weighted by Crippen LogP contribution is -2.22. The van der Waals surface area contributed by atoms with Gasteiger partial charge in [0.15, 0.2) is 0 Å². The highest BCUT2D eigenvalue weighted by molar-refractivity contribution is 5.95. The van der Waals surface area contributed by atoms with Crippen molar-refractivity contribution < 1.29 is 4.79 Å². The molecule has 0 aliphatic heterocycles. The smallest absolute Gasteiger partial charge is 0.251 e. The molecular formula is C23H17N5O. The topological polar surface area (TPSA) is 105 Å². The Bertz CT molecular complexity index is 1260. The van der Waals surface area contributed by atoms with Crippen LogP contribution in [0.5, 0.6) is 0 Å². The van der Waals surface area contributed by atoms with E-state index in [1.165, 1.54) is 0 Å². The van der Waals surface area contributed by atoms with Gasteiger partial charge in [-0.05, 0) is 53.1 Å². The Morgan fingerprint density at radius 3 is 2.72 bits per heavy atom. The largest absolute Gasteiger partial charge is 0.368 e. The Kier molecular flexibility index (Phi) is 4.87. The molecule has 4 aromatic rings. The molecule has 3 N–H and O–H groups in total. The van der Waals surface area contributed by atoms with E-state index in [1.807, 2.05) is 42.5 Å². The first-order chi connectivity index (χ1) is 14.1. The molecule has 0 spiro atoms. The number of fused-ring (bicyclic) bond motifs is 1. The number of nitrogen functional groups attached to an aromatic ring is 1. The van der Waals surface area contributed by atoms with Gasteiger partial charge in [0.1, 0.15) is 0 Å². The Labute approximate surface area is 167 Å². The number of nitriles is 1. The number of nitrogens with zero attached hydrogens (tertiary/aromatic N) is 3. The third-order valence-electron chi connectivity index (χ3n) is 4.57. The lowest BCUT2D eigenvalue weighted by molar-refractivity contribution is 0.0951. The minimum Gasteiger partial charge on any atom is -0.368 e. The standard InChI is InChI=1S/C23H17N5O/c24-12-15-3-1-4-16(9-15)13-26-22(29)19-6-2-5-17(10-19)18-7-8-21-20(11-18)14-27-23(25)28-21/h1-11,14H,13H2,(H,26,29)(H2,25,27,28). The molecule has 0 unspecified atom stereocenters. The molecule has 6 heteroatoms. The number of nitrogens with one attached hydrogen (secondary N) is 1. The van der Waals surface area contributed by atoms with Gasteiger partial charge < -0.3 is 11.1 Å². The van der Waals surface area contributed by atoms with Crippen LogP contribution < -0.4 is 11.1 Å².